The van der Waals surface area contributed by atoms with E-state index >= 15 is 0 Å². The lowest BCUT2D eigenvalue weighted by Gasteiger charge is -2.03. The fourth-order valence-electron chi connectivity index (χ4n) is 1.17. The summed E-state index contributed by atoms with van der Waals surface area (Å²) in [6, 6.07) is 5.09. The van der Waals surface area contributed by atoms with Gasteiger partial charge in [-0.25, -0.2) is 4.39 Å². The van der Waals surface area contributed by atoms with Crippen LogP contribution < -0.4 is 5.32 Å². The first-order valence-electron chi connectivity index (χ1n) is 5.69. The van der Waals surface area contributed by atoms with Gasteiger partial charge in [-0.15, -0.1) is 5.92 Å². The molecule has 1 N–H and O–H groups in total. The van der Waals surface area contributed by atoms with Crippen molar-refractivity contribution in [2.45, 2.75) is 34.2 Å². The van der Waals surface area contributed by atoms with Crippen molar-refractivity contribution in [3.8, 4) is 11.8 Å². The Labute approximate surface area is 98.1 Å². The number of nitrogens with one attached hydrogen (secondary N) is 1. The number of hydrogen-bond acceptors (Lipinski definition) is 1. The third-order valence-corrected chi connectivity index (χ3v) is 1.89. The SMILES string of the molecule is CC.CC#Cc1ccc(CNCC)c(F)c1. The quantitative estimate of drug-likeness (QED) is 0.772. The zero-order valence-electron chi connectivity index (χ0n) is 10.5. The van der Waals surface area contributed by atoms with Crippen LogP contribution in [-0.2, 0) is 6.54 Å². The highest BCUT2D eigenvalue weighted by Gasteiger charge is 2.01. The Bertz CT molecular complexity index is 361. The number of benzene rings is 1. The molecule has 2 heteroatoms. The molecule has 16 heavy (non-hydrogen) atoms. The minimum atomic E-state index is -0.189. The maximum atomic E-state index is 13.4. The highest BCUT2D eigenvalue weighted by atomic mass is 19.1. The summed E-state index contributed by atoms with van der Waals surface area (Å²) < 4.78 is 13.4. The molecule has 0 saturated heterocycles. The smallest absolute Gasteiger partial charge is 0.128 e. The fourth-order valence-corrected chi connectivity index (χ4v) is 1.17. The molecule has 0 atom stereocenters. The van der Waals surface area contributed by atoms with Gasteiger partial charge in [0.05, 0.1) is 0 Å². The Morgan fingerprint density at radius 1 is 1.31 bits per heavy atom. The van der Waals surface area contributed by atoms with Crippen LogP contribution in [0, 0.1) is 17.7 Å². The second-order valence-electron chi connectivity index (χ2n) is 2.96. The predicted molar refractivity (Wildman–Crippen MR) is 67.7 cm³/mol. The summed E-state index contributed by atoms with van der Waals surface area (Å²) in [4.78, 5) is 0. The van der Waals surface area contributed by atoms with Crippen LogP contribution in [0.2, 0.25) is 0 Å². The van der Waals surface area contributed by atoms with E-state index in [1.807, 2.05) is 26.8 Å². The zero-order chi connectivity index (χ0) is 12.4. The molecule has 0 fully saturated rings. The van der Waals surface area contributed by atoms with E-state index in [1.54, 1.807) is 13.0 Å². The second-order valence-corrected chi connectivity index (χ2v) is 2.96. The zero-order valence-corrected chi connectivity index (χ0v) is 10.5. The molecule has 0 spiro atoms. The summed E-state index contributed by atoms with van der Waals surface area (Å²) in [5, 5.41) is 3.08. The molecule has 0 radical (unpaired) electrons. The van der Waals surface area contributed by atoms with Gasteiger partial charge in [0.2, 0.25) is 0 Å². The van der Waals surface area contributed by atoms with Crippen LogP contribution in [0.15, 0.2) is 18.2 Å². The van der Waals surface area contributed by atoms with Gasteiger partial charge in [-0.05, 0) is 25.6 Å². The Kier molecular flexibility index (Phi) is 8.19. The molecule has 0 unspecified atom stereocenters. The van der Waals surface area contributed by atoms with Crippen LogP contribution in [0.25, 0.3) is 0 Å². The van der Waals surface area contributed by atoms with Gasteiger partial charge >= 0.3 is 0 Å². The molecular formula is C14H20FN. The number of halogens is 1. The molecule has 0 saturated carbocycles. The van der Waals surface area contributed by atoms with Gasteiger partial charge in [0, 0.05) is 17.7 Å². The van der Waals surface area contributed by atoms with Crippen LogP contribution in [0.1, 0.15) is 38.8 Å². The van der Waals surface area contributed by atoms with Crippen LogP contribution in [0.3, 0.4) is 0 Å². The Balaban J connectivity index is 0.00000106. The maximum Gasteiger partial charge on any atom is 0.128 e. The topological polar surface area (TPSA) is 12.0 Å². The molecule has 0 heterocycles. The van der Waals surface area contributed by atoms with Gasteiger partial charge in [-0.1, -0.05) is 32.8 Å². The summed E-state index contributed by atoms with van der Waals surface area (Å²) in [5.74, 6) is 5.37. The first kappa shape index (κ1) is 14.7. The Hall–Kier alpha value is -1.33. The Morgan fingerprint density at radius 2 is 2.00 bits per heavy atom. The van der Waals surface area contributed by atoms with Gasteiger partial charge < -0.3 is 5.32 Å². The molecule has 0 aliphatic heterocycles. The van der Waals surface area contributed by atoms with Crippen LogP contribution in [-0.4, -0.2) is 6.54 Å². The second kappa shape index (κ2) is 8.94. The normalized spacial score (nSPS) is 8.56. The fraction of sp³-hybridized carbons (Fsp3) is 0.429. The van der Waals surface area contributed by atoms with Crippen molar-refractivity contribution >= 4 is 0 Å². The first-order chi connectivity index (χ1) is 7.77. The van der Waals surface area contributed by atoms with E-state index in [4.69, 9.17) is 0 Å². The molecule has 0 aliphatic carbocycles. The van der Waals surface area contributed by atoms with Crippen molar-refractivity contribution in [3.05, 3.63) is 35.1 Å². The maximum absolute atomic E-state index is 13.4. The van der Waals surface area contributed by atoms with Gasteiger partial charge in [-0.2, -0.15) is 0 Å². The average molecular weight is 221 g/mol. The summed E-state index contributed by atoms with van der Waals surface area (Å²) in [7, 11) is 0. The lowest BCUT2D eigenvalue weighted by molar-refractivity contribution is 0.593. The highest BCUT2D eigenvalue weighted by molar-refractivity contribution is 5.36. The van der Waals surface area contributed by atoms with Gasteiger partial charge in [-0.3, -0.25) is 0 Å². The summed E-state index contributed by atoms with van der Waals surface area (Å²) in [6.07, 6.45) is 0. The minimum Gasteiger partial charge on any atom is -0.313 e. The van der Waals surface area contributed by atoms with Gasteiger partial charge in [0.25, 0.3) is 0 Å². The molecular weight excluding hydrogens is 201 g/mol. The van der Waals surface area contributed by atoms with Crippen molar-refractivity contribution in [3.63, 3.8) is 0 Å². The number of rotatable bonds is 3. The van der Waals surface area contributed by atoms with Crippen molar-refractivity contribution in [1.82, 2.24) is 5.32 Å². The van der Waals surface area contributed by atoms with Crippen LogP contribution in [0.4, 0.5) is 4.39 Å². The predicted octanol–water partition coefficient (Wildman–Crippen LogP) is 3.33. The van der Waals surface area contributed by atoms with Crippen molar-refractivity contribution in [1.29, 1.82) is 0 Å². The van der Waals surface area contributed by atoms with E-state index in [1.165, 1.54) is 6.07 Å². The number of hydrogen-bond donors (Lipinski definition) is 1. The van der Waals surface area contributed by atoms with Crippen LogP contribution in [0.5, 0.6) is 0 Å². The summed E-state index contributed by atoms with van der Waals surface area (Å²) in [6.45, 7) is 9.15. The molecule has 1 nitrogen and oxygen atoms in total. The van der Waals surface area contributed by atoms with Crippen molar-refractivity contribution < 1.29 is 4.39 Å². The van der Waals surface area contributed by atoms with Crippen molar-refractivity contribution in [2.24, 2.45) is 0 Å². The van der Waals surface area contributed by atoms with E-state index < -0.39 is 0 Å². The summed E-state index contributed by atoms with van der Waals surface area (Å²) >= 11 is 0. The Morgan fingerprint density at radius 3 is 2.50 bits per heavy atom. The molecule has 0 aromatic heterocycles. The molecule has 1 aromatic carbocycles. The van der Waals surface area contributed by atoms with E-state index in [9.17, 15) is 4.39 Å². The van der Waals surface area contributed by atoms with Gasteiger partial charge in [0.15, 0.2) is 0 Å². The molecule has 1 rings (SSSR count). The van der Waals surface area contributed by atoms with Gasteiger partial charge in [0.1, 0.15) is 5.82 Å². The average Bonchev–Trinajstić information content (AvgIpc) is 2.31. The molecule has 0 aliphatic rings. The lowest BCUT2D eigenvalue weighted by atomic mass is 10.1. The minimum absolute atomic E-state index is 0.189. The highest BCUT2D eigenvalue weighted by Crippen LogP contribution is 2.09. The molecule has 0 amide bonds. The third-order valence-electron chi connectivity index (χ3n) is 1.89. The molecule has 88 valence electrons. The molecule has 1 aromatic rings. The van der Waals surface area contributed by atoms with E-state index in [0.717, 1.165) is 12.1 Å². The standard InChI is InChI=1S/C12H14FN.C2H6/c1-3-5-10-6-7-11(9-14-4-2)12(13)8-10;1-2/h6-8,14H,4,9H2,1-2H3;1-2H3. The van der Waals surface area contributed by atoms with Crippen LogP contribution >= 0.6 is 0 Å². The third kappa shape index (κ3) is 4.95. The first-order valence-corrected chi connectivity index (χ1v) is 5.69. The monoisotopic (exact) mass is 221 g/mol. The largest absolute Gasteiger partial charge is 0.313 e. The lowest BCUT2D eigenvalue weighted by Crippen LogP contribution is -2.12. The van der Waals surface area contributed by atoms with Crippen molar-refractivity contribution in [2.75, 3.05) is 6.54 Å². The summed E-state index contributed by atoms with van der Waals surface area (Å²) in [5.41, 5.74) is 1.42. The van der Waals surface area contributed by atoms with E-state index in [-0.39, 0.29) is 5.82 Å². The van der Waals surface area contributed by atoms with E-state index in [0.29, 0.717) is 12.1 Å². The van der Waals surface area contributed by atoms with E-state index in [2.05, 4.69) is 17.2 Å². The molecule has 0 bridgehead atoms.